The molecule has 1 aromatic carbocycles. The van der Waals surface area contributed by atoms with Crippen molar-refractivity contribution in [3.8, 4) is 0 Å². The maximum Gasteiger partial charge on any atom is 0.272 e. The van der Waals surface area contributed by atoms with Crippen LogP contribution in [0.3, 0.4) is 0 Å². The fourth-order valence-electron chi connectivity index (χ4n) is 2.79. The summed E-state index contributed by atoms with van der Waals surface area (Å²) in [7, 11) is 0. The molecule has 0 saturated carbocycles. The van der Waals surface area contributed by atoms with Crippen LogP contribution in [0.4, 0.5) is 21.7 Å². The van der Waals surface area contributed by atoms with Crippen LogP contribution in [0.5, 0.6) is 0 Å². The van der Waals surface area contributed by atoms with Gasteiger partial charge in [-0.15, -0.1) is 0 Å². The van der Waals surface area contributed by atoms with Gasteiger partial charge in [0.05, 0.1) is 5.56 Å². The maximum atomic E-state index is 13.6. The highest BCUT2D eigenvalue weighted by Gasteiger charge is 2.21. The number of amides is 1. The lowest BCUT2D eigenvalue weighted by atomic mass is 9.99. The van der Waals surface area contributed by atoms with Crippen molar-refractivity contribution in [2.45, 2.75) is 19.8 Å². The van der Waals surface area contributed by atoms with Gasteiger partial charge in [0.1, 0.15) is 17.8 Å². The number of carbonyl (C=O) groups excluding carboxylic acids is 1. The smallest absolute Gasteiger partial charge is 0.272 e. The molecule has 1 aliphatic heterocycles. The van der Waals surface area contributed by atoms with Crippen LogP contribution in [0.1, 0.15) is 30.1 Å². The van der Waals surface area contributed by atoms with E-state index in [0.29, 0.717) is 17.4 Å². The lowest BCUT2D eigenvalue weighted by molar-refractivity contribution is 0.0958. The molecule has 1 aliphatic rings. The summed E-state index contributed by atoms with van der Waals surface area (Å²) in [5.41, 5.74) is 11.5. The molecule has 8 heteroatoms. The molecule has 7 nitrogen and oxygen atoms in total. The van der Waals surface area contributed by atoms with Gasteiger partial charge in [-0.2, -0.15) is 0 Å². The van der Waals surface area contributed by atoms with Crippen molar-refractivity contribution in [1.82, 2.24) is 15.4 Å². The summed E-state index contributed by atoms with van der Waals surface area (Å²) in [6.07, 6.45) is 3.55. The van der Waals surface area contributed by atoms with Crippen LogP contribution in [0, 0.1) is 11.7 Å². The Morgan fingerprint density at radius 3 is 2.72 bits per heavy atom. The number of hydrogen-bond donors (Lipinski definition) is 3. The quantitative estimate of drug-likeness (QED) is 0.736. The number of halogens is 1. The van der Waals surface area contributed by atoms with Crippen molar-refractivity contribution in [3.63, 3.8) is 0 Å². The van der Waals surface area contributed by atoms with Crippen LogP contribution in [0.2, 0.25) is 0 Å². The highest BCUT2D eigenvalue weighted by atomic mass is 19.1. The fourth-order valence-corrected chi connectivity index (χ4v) is 2.79. The molecular formula is C17H21FN6O. The predicted molar refractivity (Wildman–Crippen MR) is 94.5 cm³/mol. The molecule has 0 unspecified atom stereocenters. The molecule has 1 amide bonds. The lowest BCUT2D eigenvalue weighted by Crippen LogP contribution is -2.35. The standard InChI is InChI=1S/C17H21FN6O/c1-11-6-8-24(9-7-11)16-14(19)15(20-10-21-16)22-23-17(25)12-4-2-3-5-13(12)18/h2-5,10-11H,6-9,19H2,1H3,(H,23,25)(H,20,21,22). The third-order valence-electron chi connectivity index (χ3n) is 4.36. The second kappa shape index (κ2) is 7.33. The van der Waals surface area contributed by atoms with Crippen molar-refractivity contribution in [2.75, 3.05) is 29.1 Å². The molecule has 2 heterocycles. The van der Waals surface area contributed by atoms with Crippen molar-refractivity contribution < 1.29 is 9.18 Å². The number of carbonyl (C=O) groups is 1. The van der Waals surface area contributed by atoms with Gasteiger partial charge in [-0.05, 0) is 30.9 Å². The van der Waals surface area contributed by atoms with Crippen LogP contribution in [0.25, 0.3) is 0 Å². The van der Waals surface area contributed by atoms with Gasteiger partial charge in [-0.25, -0.2) is 14.4 Å². The summed E-state index contributed by atoms with van der Waals surface area (Å²) < 4.78 is 13.6. The molecule has 2 aromatic rings. The molecule has 0 aliphatic carbocycles. The number of nitrogens with two attached hydrogens (primary N) is 1. The minimum absolute atomic E-state index is 0.0622. The van der Waals surface area contributed by atoms with Gasteiger partial charge in [0.15, 0.2) is 11.6 Å². The van der Waals surface area contributed by atoms with E-state index in [9.17, 15) is 9.18 Å². The van der Waals surface area contributed by atoms with E-state index in [-0.39, 0.29) is 11.4 Å². The lowest BCUT2D eigenvalue weighted by Gasteiger charge is -2.32. The monoisotopic (exact) mass is 344 g/mol. The van der Waals surface area contributed by atoms with Gasteiger partial charge in [-0.3, -0.25) is 15.6 Å². The Labute approximate surface area is 145 Å². The average Bonchev–Trinajstić information content (AvgIpc) is 2.62. The summed E-state index contributed by atoms with van der Waals surface area (Å²) in [5.74, 6) is 0.417. The second-order valence-electron chi connectivity index (χ2n) is 6.19. The number of piperidine rings is 1. The van der Waals surface area contributed by atoms with E-state index in [1.54, 1.807) is 6.07 Å². The molecule has 25 heavy (non-hydrogen) atoms. The largest absolute Gasteiger partial charge is 0.393 e. The number of hydrazine groups is 1. The minimum Gasteiger partial charge on any atom is -0.393 e. The van der Waals surface area contributed by atoms with Crippen molar-refractivity contribution in [3.05, 3.63) is 42.0 Å². The van der Waals surface area contributed by atoms with Crippen LogP contribution in [-0.2, 0) is 0 Å². The minimum atomic E-state index is -0.607. The van der Waals surface area contributed by atoms with Crippen molar-refractivity contribution >= 4 is 23.2 Å². The van der Waals surface area contributed by atoms with Crippen LogP contribution in [0.15, 0.2) is 30.6 Å². The van der Waals surface area contributed by atoms with E-state index in [0.717, 1.165) is 25.9 Å². The normalized spacial score (nSPS) is 15.0. The Morgan fingerprint density at radius 2 is 2.00 bits per heavy atom. The number of benzene rings is 1. The Hall–Kier alpha value is -2.90. The summed E-state index contributed by atoms with van der Waals surface area (Å²) in [6.45, 7) is 3.98. The first-order valence-electron chi connectivity index (χ1n) is 8.22. The number of rotatable bonds is 4. The number of nitrogen functional groups attached to an aromatic ring is 1. The molecule has 3 rings (SSSR count). The molecular weight excluding hydrogens is 323 g/mol. The number of nitrogens with one attached hydrogen (secondary N) is 2. The zero-order valence-corrected chi connectivity index (χ0v) is 14.0. The summed E-state index contributed by atoms with van der Waals surface area (Å²) >= 11 is 0. The molecule has 0 radical (unpaired) electrons. The zero-order valence-electron chi connectivity index (χ0n) is 14.0. The fraction of sp³-hybridized carbons (Fsp3) is 0.353. The first-order valence-corrected chi connectivity index (χ1v) is 8.22. The highest BCUT2D eigenvalue weighted by Crippen LogP contribution is 2.29. The Morgan fingerprint density at radius 1 is 1.28 bits per heavy atom. The van der Waals surface area contributed by atoms with Gasteiger partial charge < -0.3 is 10.6 Å². The van der Waals surface area contributed by atoms with E-state index >= 15 is 0 Å². The number of anilines is 3. The van der Waals surface area contributed by atoms with Crippen LogP contribution in [-0.4, -0.2) is 29.0 Å². The molecule has 1 aromatic heterocycles. The van der Waals surface area contributed by atoms with E-state index in [4.69, 9.17) is 5.73 Å². The van der Waals surface area contributed by atoms with E-state index in [1.165, 1.54) is 24.5 Å². The highest BCUT2D eigenvalue weighted by molar-refractivity contribution is 5.95. The first kappa shape index (κ1) is 16.9. The maximum absolute atomic E-state index is 13.6. The Bertz CT molecular complexity index is 761. The number of nitrogens with zero attached hydrogens (tertiary/aromatic N) is 3. The third-order valence-corrected chi connectivity index (χ3v) is 4.36. The van der Waals surface area contributed by atoms with Gasteiger partial charge in [0, 0.05) is 13.1 Å². The van der Waals surface area contributed by atoms with Gasteiger partial charge in [-0.1, -0.05) is 19.1 Å². The SMILES string of the molecule is CC1CCN(c2ncnc(NNC(=O)c3ccccc3F)c2N)CC1. The predicted octanol–water partition coefficient (Wildman–Crippen LogP) is 2.19. The average molecular weight is 344 g/mol. The van der Waals surface area contributed by atoms with Crippen molar-refractivity contribution in [1.29, 1.82) is 0 Å². The van der Waals surface area contributed by atoms with Crippen LogP contribution >= 0.6 is 0 Å². The number of hydrogen-bond acceptors (Lipinski definition) is 6. The second-order valence-corrected chi connectivity index (χ2v) is 6.19. The topological polar surface area (TPSA) is 96.2 Å². The molecule has 1 fully saturated rings. The summed E-state index contributed by atoms with van der Waals surface area (Å²) in [4.78, 5) is 22.5. The van der Waals surface area contributed by atoms with E-state index in [2.05, 4.69) is 32.6 Å². The van der Waals surface area contributed by atoms with Gasteiger partial charge >= 0.3 is 0 Å². The Balaban J connectivity index is 1.70. The summed E-state index contributed by atoms with van der Waals surface area (Å²) in [5, 5.41) is 0. The van der Waals surface area contributed by atoms with Gasteiger partial charge in [0.25, 0.3) is 5.91 Å². The first-order chi connectivity index (χ1) is 12.1. The molecule has 0 atom stereocenters. The molecule has 132 valence electrons. The summed E-state index contributed by atoms with van der Waals surface area (Å²) in [6, 6.07) is 5.74. The van der Waals surface area contributed by atoms with Crippen LogP contribution < -0.4 is 21.5 Å². The number of aromatic nitrogens is 2. The van der Waals surface area contributed by atoms with E-state index < -0.39 is 11.7 Å². The van der Waals surface area contributed by atoms with E-state index in [1.807, 2.05) is 0 Å². The molecule has 0 bridgehead atoms. The zero-order chi connectivity index (χ0) is 17.8. The molecule has 1 saturated heterocycles. The third kappa shape index (κ3) is 3.78. The van der Waals surface area contributed by atoms with Gasteiger partial charge in [0.2, 0.25) is 0 Å². The van der Waals surface area contributed by atoms with Crippen molar-refractivity contribution in [2.24, 2.45) is 5.92 Å². The molecule has 4 N–H and O–H groups in total. The Kier molecular flexibility index (Phi) is 4.97. The molecule has 0 spiro atoms.